The number of carbonyl (C=O) groups is 1. The predicted octanol–water partition coefficient (Wildman–Crippen LogP) is 1.38. The molecule has 86 valence electrons. The van der Waals surface area contributed by atoms with Crippen LogP contribution in [-0.4, -0.2) is 25.2 Å². The van der Waals surface area contributed by atoms with Gasteiger partial charge in [0.1, 0.15) is 0 Å². The van der Waals surface area contributed by atoms with Gasteiger partial charge in [-0.05, 0) is 31.0 Å². The van der Waals surface area contributed by atoms with Crippen LogP contribution in [0.1, 0.15) is 23.2 Å². The molecule has 0 aromatic heterocycles. The number of hydrogen-bond acceptors (Lipinski definition) is 3. The molecule has 3 N–H and O–H groups in total. The molecule has 0 aliphatic carbocycles. The third-order valence-electron chi connectivity index (χ3n) is 2.74. The van der Waals surface area contributed by atoms with Crippen LogP contribution in [0.15, 0.2) is 24.3 Å². The van der Waals surface area contributed by atoms with Gasteiger partial charge in [-0.2, -0.15) is 0 Å². The Bertz CT molecular complexity index is 373. The number of hydrogen-bond donors (Lipinski definition) is 2. The minimum Gasteiger partial charge on any atom is -0.382 e. The number of primary amides is 1. The molecule has 1 aromatic rings. The quantitative estimate of drug-likeness (QED) is 0.808. The first-order valence-corrected chi connectivity index (χ1v) is 5.50. The van der Waals surface area contributed by atoms with E-state index in [-0.39, 0.29) is 0 Å². The molecule has 0 unspecified atom stereocenters. The zero-order chi connectivity index (χ0) is 11.4. The molecule has 1 amide bonds. The van der Waals surface area contributed by atoms with E-state index in [1.807, 2.05) is 12.1 Å². The van der Waals surface area contributed by atoms with Crippen molar-refractivity contribution in [2.24, 2.45) is 5.73 Å². The summed E-state index contributed by atoms with van der Waals surface area (Å²) in [6.07, 6.45) is 2.00. The first-order chi connectivity index (χ1) is 7.75. The van der Waals surface area contributed by atoms with E-state index in [1.54, 1.807) is 12.1 Å². The molecule has 4 nitrogen and oxygen atoms in total. The third-order valence-corrected chi connectivity index (χ3v) is 2.74. The average Bonchev–Trinajstić information content (AvgIpc) is 2.30. The molecule has 0 atom stereocenters. The summed E-state index contributed by atoms with van der Waals surface area (Å²) in [6.45, 7) is 1.60. The Kier molecular flexibility index (Phi) is 3.41. The molecule has 0 saturated carbocycles. The number of anilines is 1. The lowest BCUT2D eigenvalue weighted by molar-refractivity contribution is 0.0904. The molecule has 2 rings (SSSR count). The maximum Gasteiger partial charge on any atom is 0.248 e. The van der Waals surface area contributed by atoms with Crippen molar-refractivity contribution in [3.8, 4) is 0 Å². The van der Waals surface area contributed by atoms with Crippen LogP contribution in [0, 0.1) is 0 Å². The van der Waals surface area contributed by atoms with E-state index in [1.165, 1.54) is 0 Å². The first kappa shape index (κ1) is 11.0. The highest BCUT2D eigenvalue weighted by atomic mass is 16.5. The van der Waals surface area contributed by atoms with Crippen LogP contribution >= 0.6 is 0 Å². The van der Waals surface area contributed by atoms with Crippen molar-refractivity contribution in [1.29, 1.82) is 0 Å². The number of rotatable bonds is 3. The second-order valence-corrected chi connectivity index (χ2v) is 3.98. The summed E-state index contributed by atoms with van der Waals surface area (Å²) in [4.78, 5) is 11.0. The van der Waals surface area contributed by atoms with Crippen molar-refractivity contribution in [1.82, 2.24) is 0 Å². The van der Waals surface area contributed by atoms with Crippen molar-refractivity contribution < 1.29 is 9.53 Å². The minimum atomic E-state index is -0.393. The summed E-state index contributed by atoms with van der Waals surface area (Å²) in [6, 6.07) is 7.72. The van der Waals surface area contributed by atoms with Crippen molar-refractivity contribution in [2.75, 3.05) is 18.5 Å². The number of amides is 1. The lowest BCUT2D eigenvalue weighted by atomic mass is 10.1. The molecule has 0 spiro atoms. The van der Waals surface area contributed by atoms with Gasteiger partial charge >= 0.3 is 0 Å². The van der Waals surface area contributed by atoms with E-state index < -0.39 is 5.91 Å². The van der Waals surface area contributed by atoms with E-state index in [2.05, 4.69) is 5.32 Å². The zero-order valence-corrected chi connectivity index (χ0v) is 9.11. The van der Waals surface area contributed by atoms with Gasteiger partial charge in [0, 0.05) is 30.5 Å². The smallest absolute Gasteiger partial charge is 0.248 e. The predicted molar refractivity (Wildman–Crippen MR) is 62.4 cm³/mol. The molecule has 0 bridgehead atoms. The van der Waals surface area contributed by atoms with Crippen LogP contribution in [0.5, 0.6) is 0 Å². The minimum absolute atomic E-state index is 0.393. The lowest BCUT2D eigenvalue weighted by Crippen LogP contribution is -2.27. The largest absolute Gasteiger partial charge is 0.382 e. The van der Waals surface area contributed by atoms with Crippen LogP contribution in [0.2, 0.25) is 0 Å². The molecule has 4 heteroatoms. The molecule has 1 saturated heterocycles. The molecule has 1 aromatic carbocycles. The van der Waals surface area contributed by atoms with Crippen LogP contribution in [0.3, 0.4) is 0 Å². The summed E-state index contributed by atoms with van der Waals surface area (Å²) in [7, 11) is 0. The highest BCUT2D eigenvalue weighted by Crippen LogP contribution is 2.16. The molecular weight excluding hydrogens is 204 g/mol. The fourth-order valence-corrected chi connectivity index (χ4v) is 1.84. The number of nitrogens with one attached hydrogen (secondary N) is 1. The van der Waals surface area contributed by atoms with Gasteiger partial charge in [-0.25, -0.2) is 0 Å². The summed E-state index contributed by atoms with van der Waals surface area (Å²) < 4.78 is 5.29. The van der Waals surface area contributed by atoms with Crippen LogP contribution in [-0.2, 0) is 4.74 Å². The Labute approximate surface area is 94.8 Å². The van der Waals surface area contributed by atoms with E-state index in [4.69, 9.17) is 10.5 Å². The van der Waals surface area contributed by atoms with Crippen LogP contribution in [0.4, 0.5) is 5.69 Å². The molecule has 1 aliphatic heterocycles. The van der Waals surface area contributed by atoms with Gasteiger partial charge in [-0.15, -0.1) is 0 Å². The summed E-state index contributed by atoms with van der Waals surface area (Å²) >= 11 is 0. The van der Waals surface area contributed by atoms with Gasteiger partial charge in [-0.1, -0.05) is 6.07 Å². The Morgan fingerprint density at radius 1 is 1.38 bits per heavy atom. The van der Waals surface area contributed by atoms with Crippen molar-refractivity contribution in [3.05, 3.63) is 29.8 Å². The van der Waals surface area contributed by atoms with Gasteiger partial charge in [0.2, 0.25) is 5.91 Å². The Morgan fingerprint density at radius 2 is 2.12 bits per heavy atom. The van der Waals surface area contributed by atoms with E-state index >= 15 is 0 Å². The van der Waals surface area contributed by atoms with E-state index in [0.717, 1.165) is 31.7 Å². The topological polar surface area (TPSA) is 64.4 Å². The standard InChI is InChI=1S/C12H16N2O2/c13-12(15)9-2-1-3-11(8-9)14-10-4-6-16-7-5-10/h1-3,8,10,14H,4-7H2,(H2,13,15). The monoisotopic (exact) mass is 220 g/mol. The molecule has 1 fully saturated rings. The maximum atomic E-state index is 11.0. The van der Waals surface area contributed by atoms with Gasteiger partial charge in [0.05, 0.1) is 0 Å². The second-order valence-electron chi connectivity index (χ2n) is 3.98. The Morgan fingerprint density at radius 3 is 2.81 bits per heavy atom. The lowest BCUT2D eigenvalue weighted by Gasteiger charge is -2.24. The fraction of sp³-hybridized carbons (Fsp3) is 0.417. The van der Waals surface area contributed by atoms with Gasteiger partial charge in [-0.3, -0.25) is 4.79 Å². The fourth-order valence-electron chi connectivity index (χ4n) is 1.84. The van der Waals surface area contributed by atoms with Gasteiger partial charge < -0.3 is 15.8 Å². The summed E-state index contributed by atoms with van der Waals surface area (Å²) in [5, 5.41) is 3.39. The van der Waals surface area contributed by atoms with Gasteiger partial charge in [0.15, 0.2) is 0 Å². The number of benzene rings is 1. The zero-order valence-electron chi connectivity index (χ0n) is 9.11. The number of nitrogens with two attached hydrogens (primary N) is 1. The molecule has 16 heavy (non-hydrogen) atoms. The van der Waals surface area contributed by atoms with Crippen molar-refractivity contribution in [3.63, 3.8) is 0 Å². The van der Waals surface area contributed by atoms with Crippen LogP contribution in [0.25, 0.3) is 0 Å². The first-order valence-electron chi connectivity index (χ1n) is 5.50. The van der Waals surface area contributed by atoms with Crippen molar-refractivity contribution in [2.45, 2.75) is 18.9 Å². The van der Waals surface area contributed by atoms with Crippen molar-refractivity contribution >= 4 is 11.6 Å². The molecule has 1 heterocycles. The number of carbonyl (C=O) groups excluding carboxylic acids is 1. The third kappa shape index (κ3) is 2.73. The molecule has 1 aliphatic rings. The van der Waals surface area contributed by atoms with E-state index in [9.17, 15) is 4.79 Å². The Balaban J connectivity index is 2.02. The molecule has 0 radical (unpaired) electrons. The second kappa shape index (κ2) is 4.99. The SMILES string of the molecule is NC(=O)c1cccc(NC2CCOCC2)c1. The molecular formula is C12H16N2O2. The van der Waals surface area contributed by atoms with E-state index in [0.29, 0.717) is 11.6 Å². The summed E-state index contributed by atoms with van der Waals surface area (Å²) in [5.74, 6) is -0.393. The highest BCUT2D eigenvalue weighted by Gasteiger charge is 2.13. The summed E-state index contributed by atoms with van der Waals surface area (Å²) in [5.41, 5.74) is 6.72. The maximum absolute atomic E-state index is 11.0. The highest BCUT2D eigenvalue weighted by molar-refractivity contribution is 5.93. The average molecular weight is 220 g/mol. The van der Waals surface area contributed by atoms with Gasteiger partial charge in [0.25, 0.3) is 0 Å². The normalized spacial score (nSPS) is 17.0. The van der Waals surface area contributed by atoms with Crippen LogP contribution < -0.4 is 11.1 Å². The number of ether oxygens (including phenoxy) is 1. The Hall–Kier alpha value is -1.55.